The van der Waals surface area contributed by atoms with Gasteiger partial charge in [-0.2, -0.15) is 0 Å². The van der Waals surface area contributed by atoms with Gasteiger partial charge in [0.1, 0.15) is 18.1 Å². The third-order valence-corrected chi connectivity index (χ3v) is 4.88. The van der Waals surface area contributed by atoms with Crippen LogP contribution in [0, 0.1) is 6.92 Å². The fraction of sp³-hybridized carbons (Fsp3) is 0.318. The number of aromatic hydroxyl groups is 1. The quantitative estimate of drug-likeness (QED) is 0.727. The number of rotatable bonds is 3. The van der Waals surface area contributed by atoms with Crippen molar-refractivity contribution >= 4 is 11.0 Å². The molecule has 28 heavy (non-hydrogen) atoms. The molecule has 0 saturated heterocycles. The molecular formula is C22H24NO5+. The Labute approximate surface area is 162 Å². The predicted molar refractivity (Wildman–Crippen MR) is 106 cm³/mol. The zero-order chi connectivity index (χ0) is 19.8. The molecule has 6 nitrogen and oxygen atoms in total. The van der Waals surface area contributed by atoms with E-state index in [2.05, 4.69) is 0 Å². The van der Waals surface area contributed by atoms with Crippen molar-refractivity contribution < 1.29 is 23.9 Å². The van der Waals surface area contributed by atoms with Crippen LogP contribution in [0.3, 0.4) is 0 Å². The second-order valence-corrected chi connectivity index (χ2v) is 7.40. The molecule has 1 aromatic heterocycles. The number of hydrogen-bond donors (Lipinski definition) is 2. The van der Waals surface area contributed by atoms with Gasteiger partial charge in [-0.25, -0.2) is 0 Å². The van der Waals surface area contributed by atoms with Crippen molar-refractivity contribution in [3.63, 3.8) is 0 Å². The van der Waals surface area contributed by atoms with E-state index in [1.165, 1.54) is 0 Å². The number of phenols is 1. The van der Waals surface area contributed by atoms with Crippen molar-refractivity contribution in [1.82, 2.24) is 0 Å². The first-order valence-electron chi connectivity index (χ1n) is 9.43. The van der Waals surface area contributed by atoms with Crippen LogP contribution in [0.5, 0.6) is 17.2 Å². The summed E-state index contributed by atoms with van der Waals surface area (Å²) in [7, 11) is 3.96. The fourth-order valence-corrected chi connectivity index (χ4v) is 3.59. The highest BCUT2D eigenvalue weighted by Crippen LogP contribution is 2.35. The highest BCUT2D eigenvalue weighted by Gasteiger charge is 2.20. The molecule has 0 unspecified atom stereocenters. The van der Waals surface area contributed by atoms with Gasteiger partial charge in [0.25, 0.3) is 0 Å². The fourth-order valence-electron chi connectivity index (χ4n) is 3.59. The molecule has 2 N–H and O–H groups in total. The van der Waals surface area contributed by atoms with Crippen LogP contribution in [0.25, 0.3) is 22.1 Å². The number of quaternary nitrogens is 1. The number of benzene rings is 2. The summed E-state index contributed by atoms with van der Waals surface area (Å²) < 4.78 is 17.5. The number of phenolic OH excluding ortho intramolecular Hbond substituents is 1. The molecular weight excluding hydrogens is 358 g/mol. The van der Waals surface area contributed by atoms with Crippen LogP contribution in [0.2, 0.25) is 0 Å². The molecule has 0 fully saturated rings. The minimum atomic E-state index is -0.122. The first kappa shape index (κ1) is 18.4. The van der Waals surface area contributed by atoms with Crippen molar-refractivity contribution in [2.45, 2.75) is 19.9 Å². The molecule has 2 aromatic carbocycles. The zero-order valence-corrected chi connectivity index (χ0v) is 16.3. The minimum absolute atomic E-state index is 0.122. The normalized spacial score (nSPS) is 13.7. The lowest BCUT2D eigenvalue weighted by molar-refractivity contribution is -0.872. The first-order valence-corrected chi connectivity index (χ1v) is 9.43. The van der Waals surface area contributed by atoms with Crippen molar-refractivity contribution in [2.75, 3.05) is 27.3 Å². The molecule has 0 spiro atoms. The van der Waals surface area contributed by atoms with E-state index in [1.54, 1.807) is 19.1 Å². The molecule has 2 heterocycles. The molecule has 6 heteroatoms. The molecule has 1 aliphatic heterocycles. The van der Waals surface area contributed by atoms with Crippen LogP contribution in [0.1, 0.15) is 17.7 Å². The summed E-state index contributed by atoms with van der Waals surface area (Å²) >= 11 is 0. The van der Waals surface area contributed by atoms with Gasteiger partial charge in [-0.3, -0.25) is 4.79 Å². The average molecular weight is 382 g/mol. The molecule has 146 valence electrons. The van der Waals surface area contributed by atoms with Gasteiger partial charge in [0.15, 0.2) is 17.1 Å². The van der Waals surface area contributed by atoms with Crippen LogP contribution >= 0.6 is 0 Å². The van der Waals surface area contributed by atoms with Crippen molar-refractivity contribution in [3.8, 4) is 28.4 Å². The van der Waals surface area contributed by atoms with E-state index in [9.17, 15) is 9.90 Å². The second kappa shape index (κ2) is 7.20. The Morgan fingerprint density at radius 2 is 1.82 bits per heavy atom. The van der Waals surface area contributed by atoms with E-state index in [0.29, 0.717) is 59.1 Å². The standard InChI is InChI=1S/C22H23NO5/c1-13-20(14-5-8-18-19(11-14)27-10-4-9-26-18)21(25)15-6-7-17(24)16(12-23(2)3)22(15)28-13/h5-8,11,24H,4,9-10,12H2,1-3H3/p+1. The van der Waals surface area contributed by atoms with Gasteiger partial charge in [-0.15, -0.1) is 0 Å². The van der Waals surface area contributed by atoms with Crippen LogP contribution in [-0.2, 0) is 6.54 Å². The number of ether oxygens (including phenoxy) is 2. The number of aryl methyl sites for hydroxylation is 1. The van der Waals surface area contributed by atoms with E-state index in [4.69, 9.17) is 13.9 Å². The molecule has 0 bridgehead atoms. The number of nitrogens with one attached hydrogen (secondary N) is 1. The third kappa shape index (κ3) is 3.20. The Kier molecular flexibility index (Phi) is 4.73. The molecule has 0 saturated carbocycles. The summed E-state index contributed by atoms with van der Waals surface area (Å²) in [5, 5.41) is 10.7. The van der Waals surface area contributed by atoms with Crippen molar-refractivity contribution in [1.29, 1.82) is 0 Å². The van der Waals surface area contributed by atoms with Gasteiger partial charge >= 0.3 is 0 Å². The molecule has 3 aromatic rings. The first-order chi connectivity index (χ1) is 13.5. The van der Waals surface area contributed by atoms with Gasteiger partial charge in [0.2, 0.25) is 5.43 Å². The highest BCUT2D eigenvalue weighted by atomic mass is 16.5. The van der Waals surface area contributed by atoms with Gasteiger partial charge in [0, 0.05) is 6.42 Å². The Balaban J connectivity index is 1.91. The molecule has 0 amide bonds. The number of hydrogen-bond acceptors (Lipinski definition) is 5. The summed E-state index contributed by atoms with van der Waals surface area (Å²) in [6, 6.07) is 8.69. The summed E-state index contributed by atoms with van der Waals surface area (Å²) in [6.07, 6.45) is 0.821. The number of fused-ring (bicyclic) bond motifs is 2. The van der Waals surface area contributed by atoms with E-state index < -0.39 is 0 Å². The maximum absolute atomic E-state index is 13.3. The van der Waals surface area contributed by atoms with Gasteiger partial charge in [0.05, 0.1) is 43.8 Å². The zero-order valence-electron chi connectivity index (χ0n) is 16.3. The lowest BCUT2D eigenvalue weighted by atomic mass is 10.0. The largest absolute Gasteiger partial charge is 0.507 e. The summed E-state index contributed by atoms with van der Waals surface area (Å²) in [5.41, 5.74) is 2.19. The highest BCUT2D eigenvalue weighted by molar-refractivity contribution is 5.86. The molecule has 4 rings (SSSR count). The lowest BCUT2D eigenvalue weighted by Crippen LogP contribution is -3.04. The van der Waals surface area contributed by atoms with Crippen LogP contribution in [0.15, 0.2) is 39.5 Å². The smallest absolute Gasteiger partial charge is 0.200 e. The van der Waals surface area contributed by atoms with Crippen LogP contribution in [-0.4, -0.2) is 32.4 Å². The Bertz CT molecular complexity index is 1100. The third-order valence-electron chi connectivity index (χ3n) is 4.88. The van der Waals surface area contributed by atoms with E-state index in [-0.39, 0.29) is 11.2 Å². The summed E-state index contributed by atoms with van der Waals surface area (Å²) in [6.45, 7) is 3.52. The Hall–Kier alpha value is -2.99. The van der Waals surface area contributed by atoms with E-state index in [1.807, 2.05) is 32.3 Å². The summed E-state index contributed by atoms with van der Waals surface area (Å²) in [5.74, 6) is 1.97. The van der Waals surface area contributed by atoms with Gasteiger partial charge in [-0.05, 0) is 36.8 Å². The van der Waals surface area contributed by atoms with E-state index >= 15 is 0 Å². The topological polar surface area (TPSA) is 73.3 Å². The van der Waals surface area contributed by atoms with Gasteiger partial charge in [-0.1, -0.05) is 6.07 Å². The van der Waals surface area contributed by atoms with Crippen molar-refractivity contribution in [3.05, 3.63) is 51.9 Å². The second-order valence-electron chi connectivity index (χ2n) is 7.40. The van der Waals surface area contributed by atoms with Crippen LogP contribution in [0.4, 0.5) is 0 Å². The monoisotopic (exact) mass is 382 g/mol. The van der Waals surface area contributed by atoms with Crippen LogP contribution < -0.4 is 19.8 Å². The summed E-state index contributed by atoms with van der Waals surface area (Å²) in [4.78, 5) is 14.4. The predicted octanol–water partition coefficient (Wildman–Crippen LogP) is 2.28. The maximum Gasteiger partial charge on any atom is 0.200 e. The molecule has 0 aliphatic carbocycles. The SMILES string of the molecule is Cc1oc2c(C[NH+](C)C)c(O)ccc2c(=O)c1-c1ccc2c(c1)OCCCO2. The Morgan fingerprint density at radius 3 is 2.57 bits per heavy atom. The van der Waals surface area contributed by atoms with E-state index in [0.717, 1.165) is 16.9 Å². The Morgan fingerprint density at radius 1 is 1.07 bits per heavy atom. The minimum Gasteiger partial charge on any atom is -0.507 e. The molecule has 0 atom stereocenters. The van der Waals surface area contributed by atoms with Gasteiger partial charge < -0.3 is 23.9 Å². The molecule has 1 aliphatic rings. The average Bonchev–Trinajstić information content (AvgIpc) is 2.89. The maximum atomic E-state index is 13.3. The molecule has 0 radical (unpaired) electrons. The lowest BCUT2D eigenvalue weighted by Gasteiger charge is -2.14. The van der Waals surface area contributed by atoms with Crippen molar-refractivity contribution in [2.24, 2.45) is 0 Å².